The van der Waals surface area contributed by atoms with Gasteiger partial charge in [-0.05, 0) is 37.1 Å². The van der Waals surface area contributed by atoms with Gasteiger partial charge < -0.3 is 20.1 Å². The van der Waals surface area contributed by atoms with Crippen LogP contribution < -0.4 is 10.1 Å². The highest BCUT2D eigenvalue weighted by molar-refractivity contribution is 5.89. The summed E-state index contributed by atoms with van der Waals surface area (Å²) in [5.74, 6) is 1.20. The molecule has 0 radical (unpaired) electrons. The number of carbonyl (C=O) groups is 1. The minimum Gasteiger partial charge on any atom is -0.439 e. The minimum absolute atomic E-state index is 0.0664. The van der Waals surface area contributed by atoms with Crippen LogP contribution >= 0.6 is 0 Å². The van der Waals surface area contributed by atoms with Crippen molar-refractivity contribution in [3.05, 3.63) is 48.2 Å². The van der Waals surface area contributed by atoms with Crippen molar-refractivity contribution in [3.63, 3.8) is 0 Å². The van der Waals surface area contributed by atoms with E-state index in [0.717, 1.165) is 12.2 Å². The lowest BCUT2D eigenvalue weighted by Gasteiger charge is -2.20. The molecular weight excluding hydrogens is 306 g/mol. The van der Waals surface area contributed by atoms with E-state index in [1.54, 1.807) is 18.3 Å². The van der Waals surface area contributed by atoms with Crippen molar-refractivity contribution in [1.82, 2.24) is 9.88 Å². The van der Waals surface area contributed by atoms with Crippen LogP contribution in [0.25, 0.3) is 0 Å². The van der Waals surface area contributed by atoms with Crippen molar-refractivity contribution in [2.75, 3.05) is 25.0 Å². The number of rotatable bonds is 7. The summed E-state index contributed by atoms with van der Waals surface area (Å²) in [5, 5.41) is 11.7. The molecule has 24 heavy (non-hydrogen) atoms. The summed E-state index contributed by atoms with van der Waals surface area (Å²) in [5.41, 5.74) is 1.77. The molecule has 2 aromatic rings. The van der Waals surface area contributed by atoms with E-state index in [0.29, 0.717) is 24.7 Å². The van der Waals surface area contributed by atoms with Gasteiger partial charge in [0.15, 0.2) is 0 Å². The Hall–Kier alpha value is -2.60. The highest BCUT2D eigenvalue weighted by Crippen LogP contribution is 2.21. The van der Waals surface area contributed by atoms with Crippen molar-refractivity contribution in [2.45, 2.75) is 20.3 Å². The van der Waals surface area contributed by atoms with Gasteiger partial charge in [0, 0.05) is 19.2 Å². The molecule has 2 N–H and O–H groups in total. The predicted octanol–water partition coefficient (Wildman–Crippen LogP) is 3.28. The third kappa shape index (κ3) is 4.96. The monoisotopic (exact) mass is 329 g/mol. The molecule has 0 aliphatic rings. The summed E-state index contributed by atoms with van der Waals surface area (Å²) in [6, 6.07) is 11.0. The molecule has 0 saturated heterocycles. The van der Waals surface area contributed by atoms with Gasteiger partial charge in [-0.2, -0.15) is 0 Å². The van der Waals surface area contributed by atoms with E-state index in [-0.39, 0.29) is 12.6 Å². The number of aryl methyl sites for hydroxylation is 1. The molecule has 1 heterocycles. The number of aromatic nitrogens is 1. The van der Waals surface area contributed by atoms with Crippen LogP contribution in [0.3, 0.4) is 0 Å². The highest BCUT2D eigenvalue weighted by atomic mass is 16.5. The zero-order valence-corrected chi connectivity index (χ0v) is 14.0. The first-order chi connectivity index (χ1) is 11.7. The lowest BCUT2D eigenvalue weighted by Crippen LogP contribution is -2.36. The van der Waals surface area contributed by atoms with Gasteiger partial charge in [0.05, 0.1) is 18.5 Å². The number of aliphatic hydroxyl groups is 1. The second kappa shape index (κ2) is 8.88. The number of urea groups is 1. The fraction of sp³-hybridized carbons (Fsp3) is 0.333. The molecular formula is C18H23N3O3. The highest BCUT2D eigenvalue weighted by Gasteiger charge is 2.11. The molecule has 2 rings (SSSR count). The molecule has 2 amide bonds. The van der Waals surface area contributed by atoms with Crippen molar-refractivity contribution in [1.29, 1.82) is 0 Å². The van der Waals surface area contributed by atoms with Crippen LogP contribution in [-0.4, -0.2) is 40.7 Å². The number of hydrogen-bond donors (Lipinski definition) is 2. The van der Waals surface area contributed by atoms with Crippen molar-refractivity contribution >= 4 is 11.7 Å². The second-order valence-electron chi connectivity index (χ2n) is 5.22. The molecule has 6 nitrogen and oxygen atoms in total. The predicted molar refractivity (Wildman–Crippen MR) is 93.5 cm³/mol. The van der Waals surface area contributed by atoms with Gasteiger partial charge in [-0.25, -0.2) is 9.78 Å². The normalized spacial score (nSPS) is 10.3. The lowest BCUT2D eigenvalue weighted by atomic mass is 10.2. The number of nitrogens with one attached hydrogen (secondary N) is 1. The molecule has 0 bridgehead atoms. The summed E-state index contributed by atoms with van der Waals surface area (Å²) in [6.07, 6.45) is 2.49. The Balaban J connectivity index is 1.98. The maximum absolute atomic E-state index is 12.0. The average molecular weight is 329 g/mol. The van der Waals surface area contributed by atoms with Gasteiger partial charge in [0.1, 0.15) is 5.75 Å². The summed E-state index contributed by atoms with van der Waals surface area (Å²) in [6.45, 7) is 4.70. The molecule has 0 aliphatic heterocycles. The summed E-state index contributed by atoms with van der Waals surface area (Å²) in [4.78, 5) is 17.7. The Kier molecular flexibility index (Phi) is 6.57. The number of likely N-dealkylation sites (N-methyl/N-ethyl adjacent to an activating group) is 1. The van der Waals surface area contributed by atoms with E-state index in [4.69, 9.17) is 9.84 Å². The second-order valence-corrected chi connectivity index (χ2v) is 5.22. The Morgan fingerprint density at radius 2 is 2.12 bits per heavy atom. The summed E-state index contributed by atoms with van der Waals surface area (Å²) in [7, 11) is 0. The number of carbonyl (C=O) groups excluding carboxylic acids is 1. The first kappa shape index (κ1) is 17.7. The fourth-order valence-corrected chi connectivity index (χ4v) is 2.19. The van der Waals surface area contributed by atoms with Gasteiger partial charge in [0.25, 0.3) is 0 Å². The van der Waals surface area contributed by atoms with Gasteiger partial charge in [-0.15, -0.1) is 0 Å². The number of ether oxygens (including phenoxy) is 1. The first-order valence-corrected chi connectivity index (χ1v) is 8.05. The molecule has 6 heteroatoms. The van der Waals surface area contributed by atoms with Crippen LogP contribution in [-0.2, 0) is 6.42 Å². The summed E-state index contributed by atoms with van der Waals surface area (Å²) < 4.78 is 5.72. The third-order valence-corrected chi connectivity index (χ3v) is 3.56. The number of pyridine rings is 1. The topological polar surface area (TPSA) is 74.7 Å². The third-order valence-electron chi connectivity index (χ3n) is 3.56. The maximum Gasteiger partial charge on any atom is 0.321 e. The standard InChI is InChI=1S/C18H23N3O3/c1-3-14-6-5-7-16(12-14)24-17-9-8-15(13-19-17)20-18(23)21(4-2)10-11-22/h5-9,12-13,22H,3-4,10-11H2,1-2H3,(H,20,23). The van der Waals surface area contributed by atoms with Crippen LogP contribution in [0.5, 0.6) is 11.6 Å². The number of hydrogen-bond acceptors (Lipinski definition) is 4. The van der Waals surface area contributed by atoms with Crippen molar-refractivity contribution in [3.8, 4) is 11.6 Å². The number of aliphatic hydroxyl groups excluding tert-OH is 1. The number of anilines is 1. The average Bonchev–Trinajstić information content (AvgIpc) is 2.61. The van der Waals surface area contributed by atoms with Crippen molar-refractivity contribution in [2.24, 2.45) is 0 Å². The number of benzene rings is 1. The Bertz CT molecular complexity index is 659. The van der Waals surface area contributed by atoms with Crippen LogP contribution in [0.2, 0.25) is 0 Å². The van der Waals surface area contributed by atoms with E-state index in [1.807, 2.05) is 31.2 Å². The zero-order chi connectivity index (χ0) is 17.4. The van der Waals surface area contributed by atoms with Gasteiger partial charge in [-0.1, -0.05) is 19.1 Å². The zero-order valence-electron chi connectivity index (χ0n) is 14.0. The molecule has 0 saturated carbocycles. The fourth-order valence-electron chi connectivity index (χ4n) is 2.19. The summed E-state index contributed by atoms with van der Waals surface area (Å²) >= 11 is 0. The molecule has 0 spiro atoms. The molecule has 0 atom stereocenters. The van der Waals surface area contributed by atoms with E-state index in [9.17, 15) is 4.79 Å². The SMILES string of the molecule is CCc1cccc(Oc2ccc(NC(=O)N(CC)CCO)cn2)c1. The number of nitrogens with zero attached hydrogens (tertiary/aromatic N) is 2. The van der Waals surface area contributed by atoms with E-state index in [2.05, 4.69) is 17.2 Å². The van der Waals surface area contributed by atoms with E-state index in [1.165, 1.54) is 10.5 Å². The Labute approximate surface area is 142 Å². The van der Waals surface area contributed by atoms with Crippen LogP contribution in [0.1, 0.15) is 19.4 Å². The van der Waals surface area contributed by atoms with Crippen LogP contribution in [0.4, 0.5) is 10.5 Å². The molecule has 0 aliphatic carbocycles. The van der Waals surface area contributed by atoms with E-state index < -0.39 is 0 Å². The van der Waals surface area contributed by atoms with Gasteiger partial charge in [0.2, 0.25) is 5.88 Å². The van der Waals surface area contributed by atoms with Gasteiger partial charge >= 0.3 is 6.03 Å². The smallest absolute Gasteiger partial charge is 0.321 e. The van der Waals surface area contributed by atoms with Crippen LogP contribution in [0, 0.1) is 0 Å². The first-order valence-electron chi connectivity index (χ1n) is 8.05. The molecule has 1 aromatic carbocycles. The molecule has 0 fully saturated rings. The molecule has 0 unspecified atom stereocenters. The van der Waals surface area contributed by atoms with Gasteiger partial charge in [-0.3, -0.25) is 0 Å². The minimum atomic E-state index is -0.266. The Morgan fingerprint density at radius 3 is 2.75 bits per heavy atom. The van der Waals surface area contributed by atoms with Crippen molar-refractivity contribution < 1.29 is 14.6 Å². The largest absolute Gasteiger partial charge is 0.439 e. The lowest BCUT2D eigenvalue weighted by molar-refractivity contribution is 0.192. The molecule has 1 aromatic heterocycles. The molecule has 128 valence electrons. The number of amides is 2. The Morgan fingerprint density at radius 1 is 1.29 bits per heavy atom. The van der Waals surface area contributed by atoms with Crippen LogP contribution in [0.15, 0.2) is 42.6 Å². The maximum atomic E-state index is 12.0. The quantitative estimate of drug-likeness (QED) is 0.817. The van der Waals surface area contributed by atoms with E-state index >= 15 is 0 Å².